The zero-order chi connectivity index (χ0) is 13.2. The minimum Gasteiger partial charge on any atom is -0.497 e. The predicted molar refractivity (Wildman–Crippen MR) is 76.5 cm³/mol. The van der Waals surface area contributed by atoms with Crippen LogP contribution in [0.2, 0.25) is 0 Å². The number of anilines is 1. The van der Waals surface area contributed by atoms with Crippen molar-refractivity contribution in [2.45, 2.75) is 38.8 Å². The van der Waals surface area contributed by atoms with Crippen molar-refractivity contribution in [2.75, 3.05) is 25.1 Å². The van der Waals surface area contributed by atoms with Gasteiger partial charge in [0.2, 0.25) is 0 Å². The van der Waals surface area contributed by atoms with Gasteiger partial charge in [0.05, 0.1) is 7.11 Å². The summed E-state index contributed by atoms with van der Waals surface area (Å²) in [4.78, 5) is 2.52. The average molecular weight is 248 g/mol. The number of rotatable bonds is 2. The Kier molecular flexibility index (Phi) is 3.81. The molecular formula is C15H24N2O. The number of nitrogens with one attached hydrogen (secondary N) is 1. The maximum absolute atomic E-state index is 5.23. The third-order valence-corrected chi connectivity index (χ3v) is 3.80. The quantitative estimate of drug-likeness (QED) is 0.871. The zero-order valence-electron chi connectivity index (χ0n) is 11.9. The van der Waals surface area contributed by atoms with E-state index in [1.807, 2.05) is 12.1 Å². The fourth-order valence-corrected chi connectivity index (χ4v) is 2.86. The first-order valence-corrected chi connectivity index (χ1v) is 6.69. The minimum absolute atomic E-state index is 0.178. The summed E-state index contributed by atoms with van der Waals surface area (Å²) in [6.07, 6.45) is 1.16. The van der Waals surface area contributed by atoms with Crippen LogP contribution in [0.3, 0.4) is 0 Å². The molecule has 0 aliphatic carbocycles. The highest BCUT2D eigenvalue weighted by atomic mass is 16.5. The van der Waals surface area contributed by atoms with Crippen LogP contribution in [0.5, 0.6) is 5.75 Å². The lowest BCUT2D eigenvalue weighted by molar-refractivity contribution is 0.412. The smallest absolute Gasteiger partial charge is 0.119 e. The van der Waals surface area contributed by atoms with Crippen molar-refractivity contribution in [3.05, 3.63) is 24.3 Å². The van der Waals surface area contributed by atoms with Crippen LogP contribution in [0, 0.1) is 0 Å². The molecule has 1 fully saturated rings. The van der Waals surface area contributed by atoms with E-state index in [1.54, 1.807) is 7.11 Å². The lowest BCUT2D eigenvalue weighted by Crippen LogP contribution is -2.49. The maximum atomic E-state index is 5.23. The Bertz CT molecular complexity index is 386. The molecule has 1 heterocycles. The van der Waals surface area contributed by atoms with E-state index < -0.39 is 0 Å². The van der Waals surface area contributed by atoms with Gasteiger partial charge in [0.1, 0.15) is 5.75 Å². The average Bonchev–Trinajstić information content (AvgIpc) is 2.48. The second kappa shape index (κ2) is 5.19. The summed E-state index contributed by atoms with van der Waals surface area (Å²) in [5.41, 5.74) is 1.45. The number of hydrogen-bond acceptors (Lipinski definition) is 3. The van der Waals surface area contributed by atoms with Crippen LogP contribution in [0.25, 0.3) is 0 Å². The summed E-state index contributed by atoms with van der Waals surface area (Å²) in [5, 5.41) is 3.51. The lowest BCUT2D eigenvalue weighted by Gasteiger charge is -2.42. The highest BCUT2D eigenvalue weighted by molar-refractivity contribution is 5.52. The van der Waals surface area contributed by atoms with Crippen molar-refractivity contribution in [2.24, 2.45) is 0 Å². The van der Waals surface area contributed by atoms with Crippen LogP contribution < -0.4 is 15.0 Å². The van der Waals surface area contributed by atoms with E-state index in [9.17, 15) is 0 Å². The molecule has 1 aromatic rings. The van der Waals surface area contributed by atoms with Crippen LogP contribution in [-0.2, 0) is 0 Å². The number of methoxy groups -OCH3 is 1. The Balaban J connectivity index is 2.31. The minimum atomic E-state index is 0.178. The van der Waals surface area contributed by atoms with E-state index in [1.165, 1.54) is 5.69 Å². The first-order chi connectivity index (χ1) is 8.54. The van der Waals surface area contributed by atoms with Crippen LogP contribution in [-0.4, -0.2) is 31.8 Å². The van der Waals surface area contributed by atoms with E-state index in [2.05, 4.69) is 43.1 Å². The molecule has 1 atom stereocenters. The normalized spacial score (nSPS) is 23.6. The lowest BCUT2D eigenvalue weighted by atomic mass is 9.96. The predicted octanol–water partition coefficient (Wildman–Crippen LogP) is 2.66. The summed E-state index contributed by atoms with van der Waals surface area (Å²) in [5.74, 6) is 0.914. The number of nitrogens with zero attached hydrogens (tertiary/aromatic N) is 1. The van der Waals surface area contributed by atoms with Gasteiger partial charge in [-0.25, -0.2) is 0 Å². The molecule has 1 unspecified atom stereocenters. The van der Waals surface area contributed by atoms with Crippen LogP contribution in [0.15, 0.2) is 24.3 Å². The molecule has 18 heavy (non-hydrogen) atoms. The molecular weight excluding hydrogens is 224 g/mol. The van der Waals surface area contributed by atoms with E-state index in [4.69, 9.17) is 4.74 Å². The Morgan fingerprint density at radius 2 is 1.94 bits per heavy atom. The van der Waals surface area contributed by atoms with Crippen LogP contribution >= 0.6 is 0 Å². The summed E-state index contributed by atoms with van der Waals surface area (Å²) in [7, 11) is 1.71. The topological polar surface area (TPSA) is 24.5 Å². The molecule has 0 saturated carbocycles. The molecule has 1 N–H and O–H groups in total. The third-order valence-electron chi connectivity index (χ3n) is 3.80. The summed E-state index contributed by atoms with van der Waals surface area (Å²) >= 11 is 0. The van der Waals surface area contributed by atoms with E-state index in [-0.39, 0.29) is 5.54 Å². The summed E-state index contributed by atoms with van der Waals surface area (Å²) < 4.78 is 5.23. The molecule has 0 bridgehead atoms. The molecule has 1 aliphatic rings. The van der Waals surface area contributed by atoms with Gasteiger partial charge < -0.3 is 15.0 Å². The molecule has 1 aromatic carbocycles. The van der Waals surface area contributed by atoms with E-state index in [0.717, 1.165) is 25.3 Å². The van der Waals surface area contributed by atoms with Gasteiger partial charge in [-0.3, -0.25) is 0 Å². The van der Waals surface area contributed by atoms with E-state index >= 15 is 0 Å². The van der Waals surface area contributed by atoms with Gasteiger partial charge >= 0.3 is 0 Å². The van der Waals surface area contributed by atoms with Gasteiger partial charge in [-0.2, -0.15) is 0 Å². The largest absolute Gasteiger partial charge is 0.497 e. The van der Waals surface area contributed by atoms with Crippen molar-refractivity contribution in [3.8, 4) is 5.75 Å². The van der Waals surface area contributed by atoms with Crippen molar-refractivity contribution in [1.82, 2.24) is 5.32 Å². The third kappa shape index (κ3) is 2.61. The van der Waals surface area contributed by atoms with Gasteiger partial charge in [0.15, 0.2) is 0 Å². The van der Waals surface area contributed by atoms with Crippen molar-refractivity contribution < 1.29 is 4.74 Å². The fourth-order valence-electron chi connectivity index (χ4n) is 2.86. The van der Waals surface area contributed by atoms with Gasteiger partial charge in [0, 0.05) is 23.8 Å². The number of ether oxygens (including phenoxy) is 1. The molecule has 2 rings (SSSR count). The molecule has 3 heteroatoms. The highest BCUT2D eigenvalue weighted by Gasteiger charge is 2.32. The Hall–Kier alpha value is -1.22. The Morgan fingerprint density at radius 3 is 2.56 bits per heavy atom. The van der Waals surface area contributed by atoms with Gasteiger partial charge in [-0.15, -0.1) is 0 Å². The van der Waals surface area contributed by atoms with Crippen molar-refractivity contribution in [3.63, 3.8) is 0 Å². The van der Waals surface area contributed by atoms with Gasteiger partial charge in [0.25, 0.3) is 0 Å². The molecule has 0 spiro atoms. The maximum Gasteiger partial charge on any atom is 0.119 e. The first-order valence-electron chi connectivity index (χ1n) is 6.69. The first kappa shape index (κ1) is 13.2. The summed E-state index contributed by atoms with van der Waals surface area (Å²) in [6.45, 7) is 9.05. The van der Waals surface area contributed by atoms with Crippen molar-refractivity contribution >= 4 is 5.69 Å². The van der Waals surface area contributed by atoms with Gasteiger partial charge in [-0.05, 0) is 58.0 Å². The molecule has 0 amide bonds. The molecule has 100 valence electrons. The second-order valence-corrected chi connectivity index (χ2v) is 5.68. The zero-order valence-corrected chi connectivity index (χ0v) is 11.9. The van der Waals surface area contributed by atoms with Crippen LogP contribution in [0.1, 0.15) is 27.2 Å². The van der Waals surface area contributed by atoms with Crippen LogP contribution in [0.4, 0.5) is 5.69 Å². The van der Waals surface area contributed by atoms with E-state index in [0.29, 0.717) is 6.04 Å². The number of hydrogen-bond donors (Lipinski definition) is 1. The standard InChI is InChI=1S/C15H24N2O/c1-12-11-16-10-9-15(2,3)17(12)13-5-7-14(18-4)8-6-13/h5-8,12,16H,9-11H2,1-4H3. The fraction of sp³-hybridized carbons (Fsp3) is 0.600. The Morgan fingerprint density at radius 1 is 1.28 bits per heavy atom. The summed E-state index contributed by atoms with van der Waals surface area (Å²) in [6, 6.07) is 8.88. The SMILES string of the molecule is COc1ccc(N2C(C)CNCCC2(C)C)cc1. The molecule has 1 saturated heterocycles. The monoisotopic (exact) mass is 248 g/mol. The number of benzene rings is 1. The molecule has 1 aliphatic heterocycles. The molecule has 0 radical (unpaired) electrons. The second-order valence-electron chi connectivity index (χ2n) is 5.68. The van der Waals surface area contributed by atoms with Crippen molar-refractivity contribution in [1.29, 1.82) is 0 Å². The Labute approximate surface area is 110 Å². The highest BCUT2D eigenvalue weighted by Crippen LogP contribution is 2.31. The molecule has 0 aromatic heterocycles. The van der Waals surface area contributed by atoms with Gasteiger partial charge in [-0.1, -0.05) is 0 Å². The molecule has 3 nitrogen and oxygen atoms in total.